The zero-order valence-electron chi connectivity index (χ0n) is 7.79. The van der Waals surface area contributed by atoms with Crippen molar-refractivity contribution in [1.29, 1.82) is 0 Å². The highest BCUT2D eigenvalue weighted by molar-refractivity contribution is 9.10. The second-order valence-electron chi connectivity index (χ2n) is 3.97. The van der Waals surface area contributed by atoms with Crippen molar-refractivity contribution in [2.75, 3.05) is 0 Å². The quantitative estimate of drug-likeness (QED) is 0.847. The van der Waals surface area contributed by atoms with Gasteiger partial charge in [-0.2, -0.15) is 0 Å². The van der Waals surface area contributed by atoms with Crippen LogP contribution < -0.4 is 0 Å². The van der Waals surface area contributed by atoms with Crippen molar-refractivity contribution in [3.63, 3.8) is 0 Å². The van der Waals surface area contributed by atoms with Crippen LogP contribution in [0.2, 0.25) is 0 Å². The van der Waals surface area contributed by atoms with Gasteiger partial charge >= 0.3 is 0 Å². The maximum absolute atomic E-state index is 4.48. The van der Waals surface area contributed by atoms with Crippen LogP contribution in [0.25, 0.3) is 11.2 Å². The van der Waals surface area contributed by atoms with Crippen molar-refractivity contribution in [2.24, 2.45) is 5.92 Å². The standard InChI is InChI=1S/C10H10BrN3/c1-5-2-7(5)9-13-8-3-6(11)4-12-10(8)14-9/h3-5,7H,2H2,1H3,(H,12,13,14). The second kappa shape index (κ2) is 2.79. The zero-order chi connectivity index (χ0) is 9.71. The number of pyridine rings is 1. The molecule has 4 heteroatoms. The molecular weight excluding hydrogens is 242 g/mol. The molecular formula is C10H10BrN3. The van der Waals surface area contributed by atoms with Gasteiger partial charge in [-0.25, -0.2) is 9.97 Å². The highest BCUT2D eigenvalue weighted by atomic mass is 79.9. The summed E-state index contributed by atoms with van der Waals surface area (Å²) in [5.41, 5.74) is 1.84. The second-order valence-corrected chi connectivity index (χ2v) is 4.88. The first kappa shape index (κ1) is 8.41. The van der Waals surface area contributed by atoms with Crippen LogP contribution in [0, 0.1) is 5.92 Å². The lowest BCUT2D eigenvalue weighted by Crippen LogP contribution is -1.83. The molecule has 3 nitrogen and oxygen atoms in total. The molecule has 0 bridgehead atoms. The number of imidazole rings is 1. The molecule has 3 rings (SSSR count). The van der Waals surface area contributed by atoms with E-state index < -0.39 is 0 Å². The van der Waals surface area contributed by atoms with Gasteiger partial charge in [0.1, 0.15) is 5.82 Å². The molecule has 0 radical (unpaired) electrons. The Balaban J connectivity index is 2.11. The fourth-order valence-corrected chi connectivity index (χ4v) is 2.10. The van der Waals surface area contributed by atoms with Gasteiger partial charge in [0.15, 0.2) is 5.65 Å². The summed E-state index contributed by atoms with van der Waals surface area (Å²) in [6, 6.07) is 2.02. The minimum Gasteiger partial charge on any atom is -0.340 e. The molecule has 72 valence electrons. The first-order chi connectivity index (χ1) is 6.74. The molecule has 2 unspecified atom stereocenters. The Morgan fingerprint density at radius 2 is 2.36 bits per heavy atom. The molecule has 0 amide bonds. The van der Waals surface area contributed by atoms with Crippen molar-refractivity contribution >= 4 is 27.1 Å². The van der Waals surface area contributed by atoms with Gasteiger partial charge in [0.2, 0.25) is 0 Å². The summed E-state index contributed by atoms with van der Waals surface area (Å²) >= 11 is 3.40. The summed E-state index contributed by atoms with van der Waals surface area (Å²) in [7, 11) is 0. The van der Waals surface area contributed by atoms with E-state index in [4.69, 9.17) is 0 Å². The lowest BCUT2D eigenvalue weighted by Gasteiger charge is -1.87. The highest BCUT2D eigenvalue weighted by Crippen LogP contribution is 2.45. The molecule has 1 aliphatic carbocycles. The monoisotopic (exact) mass is 251 g/mol. The highest BCUT2D eigenvalue weighted by Gasteiger charge is 2.36. The van der Waals surface area contributed by atoms with Gasteiger partial charge in [-0.1, -0.05) is 6.92 Å². The SMILES string of the molecule is CC1CC1c1nc2ncc(Br)cc2[nH]1. The molecule has 1 N–H and O–H groups in total. The number of nitrogens with zero attached hydrogens (tertiary/aromatic N) is 2. The van der Waals surface area contributed by atoms with Gasteiger partial charge in [-0.05, 0) is 34.3 Å². The van der Waals surface area contributed by atoms with Crippen molar-refractivity contribution in [3.8, 4) is 0 Å². The summed E-state index contributed by atoms with van der Waals surface area (Å²) in [4.78, 5) is 12.1. The lowest BCUT2D eigenvalue weighted by molar-refractivity contribution is 0.866. The number of aromatic nitrogens is 3. The molecule has 2 aromatic heterocycles. The van der Waals surface area contributed by atoms with E-state index in [1.54, 1.807) is 6.20 Å². The first-order valence-corrected chi connectivity index (χ1v) is 5.54. The minimum atomic E-state index is 0.628. The Kier molecular flexibility index (Phi) is 1.68. The number of nitrogens with one attached hydrogen (secondary N) is 1. The van der Waals surface area contributed by atoms with E-state index in [0.717, 1.165) is 27.4 Å². The molecule has 2 heterocycles. The van der Waals surface area contributed by atoms with E-state index >= 15 is 0 Å². The van der Waals surface area contributed by atoms with E-state index in [1.807, 2.05) is 6.07 Å². The predicted octanol–water partition coefficient (Wildman–Crippen LogP) is 2.84. The van der Waals surface area contributed by atoms with Gasteiger partial charge in [0, 0.05) is 16.6 Å². The van der Waals surface area contributed by atoms with Crippen LogP contribution in [0.15, 0.2) is 16.7 Å². The van der Waals surface area contributed by atoms with E-state index in [2.05, 4.69) is 37.8 Å². The van der Waals surface area contributed by atoms with E-state index in [9.17, 15) is 0 Å². The zero-order valence-corrected chi connectivity index (χ0v) is 9.37. The van der Waals surface area contributed by atoms with E-state index in [1.165, 1.54) is 6.42 Å². The number of hydrogen-bond donors (Lipinski definition) is 1. The molecule has 2 atom stereocenters. The number of halogens is 1. The van der Waals surface area contributed by atoms with Gasteiger partial charge in [-0.3, -0.25) is 0 Å². The molecule has 1 aliphatic rings. The number of rotatable bonds is 1. The van der Waals surface area contributed by atoms with Gasteiger partial charge in [0.05, 0.1) is 5.52 Å². The average Bonchev–Trinajstić information content (AvgIpc) is 2.75. The van der Waals surface area contributed by atoms with Crippen LogP contribution in [-0.2, 0) is 0 Å². The summed E-state index contributed by atoms with van der Waals surface area (Å²) < 4.78 is 0.990. The normalized spacial score (nSPS) is 25.6. The summed E-state index contributed by atoms with van der Waals surface area (Å²) in [6.45, 7) is 2.25. The summed E-state index contributed by atoms with van der Waals surface area (Å²) in [5.74, 6) is 2.50. The maximum Gasteiger partial charge on any atom is 0.177 e. The van der Waals surface area contributed by atoms with E-state index in [0.29, 0.717) is 5.92 Å². The summed E-state index contributed by atoms with van der Waals surface area (Å²) in [5, 5.41) is 0. The maximum atomic E-state index is 4.48. The van der Waals surface area contributed by atoms with Crippen LogP contribution >= 0.6 is 15.9 Å². The predicted molar refractivity (Wildman–Crippen MR) is 58.1 cm³/mol. The third kappa shape index (κ3) is 1.25. The molecule has 0 aliphatic heterocycles. The van der Waals surface area contributed by atoms with Crippen molar-refractivity contribution in [2.45, 2.75) is 19.3 Å². The molecule has 0 aromatic carbocycles. The van der Waals surface area contributed by atoms with Crippen LogP contribution in [0.3, 0.4) is 0 Å². The minimum absolute atomic E-state index is 0.628. The van der Waals surface area contributed by atoms with Gasteiger partial charge in [-0.15, -0.1) is 0 Å². The Labute approximate surface area is 90.1 Å². The van der Waals surface area contributed by atoms with E-state index in [-0.39, 0.29) is 0 Å². The third-order valence-corrected chi connectivity index (χ3v) is 3.22. The fraction of sp³-hybridized carbons (Fsp3) is 0.400. The first-order valence-electron chi connectivity index (χ1n) is 4.75. The summed E-state index contributed by atoms with van der Waals surface area (Å²) in [6.07, 6.45) is 3.03. The molecule has 1 fully saturated rings. The smallest absolute Gasteiger partial charge is 0.177 e. The van der Waals surface area contributed by atoms with Crippen molar-refractivity contribution in [1.82, 2.24) is 15.0 Å². The van der Waals surface area contributed by atoms with Crippen LogP contribution in [0.4, 0.5) is 0 Å². The Morgan fingerprint density at radius 3 is 3.07 bits per heavy atom. The van der Waals surface area contributed by atoms with Gasteiger partial charge < -0.3 is 4.98 Å². The number of aromatic amines is 1. The van der Waals surface area contributed by atoms with Crippen molar-refractivity contribution < 1.29 is 0 Å². The Hall–Kier alpha value is -0.900. The fourth-order valence-electron chi connectivity index (χ4n) is 1.77. The number of H-pyrrole nitrogens is 1. The molecule has 0 saturated heterocycles. The average molecular weight is 252 g/mol. The molecule has 0 spiro atoms. The van der Waals surface area contributed by atoms with Crippen LogP contribution in [0.5, 0.6) is 0 Å². The largest absolute Gasteiger partial charge is 0.340 e. The molecule has 1 saturated carbocycles. The lowest BCUT2D eigenvalue weighted by atomic mass is 10.3. The molecule has 2 aromatic rings. The Bertz CT molecular complexity index is 491. The topological polar surface area (TPSA) is 41.6 Å². The third-order valence-electron chi connectivity index (χ3n) is 2.78. The Morgan fingerprint density at radius 1 is 1.57 bits per heavy atom. The molecule has 14 heavy (non-hydrogen) atoms. The van der Waals surface area contributed by atoms with Crippen LogP contribution in [0.1, 0.15) is 25.1 Å². The van der Waals surface area contributed by atoms with Crippen molar-refractivity contribution in [3.05, 3.63) is 22.6 Å². The number of fused-ring (bicyclic) bond motifs is 1. The van der Waals surface area contributed by atoms with Gasteiger partial charge in [0.25, 0.3) is 0 Å². The number of hydrogen-bond acceptors (Lipinski definition) is 2. The van der Waals surface area contributed by atoms with Crippen LogP contribution in [-0.4, -0.2) is 15.0 Å².